The summed E-state index contributed by atoms with van der Waals surface area (Å²) in [4.78, 5) is 0. The molecule has 0 bridgehead atoms. The Morgan fingerprint density at radius 1 is 0.800 bits per heavy atom. The van der Waals surface area contributed by atoms with Crippen molar-refractivity contribution in [2.45, 2.75) is 30.1 Å². The van der Waals surface area contributed by atoms with Crippen molar-refractivity contribution in [1.82, 2.24) is 0 Å². The summed E-state index contributed by atoms with van der Waals surface area (Å²) in [7, 11) is 0. The van der Waals surface area contributed by atoms with Crippen molar-refractivity contribution in [3.8, 4) is 0 Å². The van der Waals surface area contributed by atoms with E-state index in [0.29, 0.717) is 0 Å². The Bertz CT molecular complexity index is 388. The average molecular weight is 349 g/mol. The zero-order valence-electron chi connectivity index (χ0n) is 8.49. The van der Waals surface area contributed by atoms with Crippen LogP contribution in [0.15, 0.2) is 11.1 Å². The highest BCUT2D eigenvalue weighted by atomic mass is 35.5. The number of hydrogen-bond donors (Lipinski definition) is 0. The van der Waals surface area contributed by atoms with Crippen molar-refractivity contribution < 1.29 is 52.7 Å². The molecule has 0 aromatic heterocycles. The van der Waals surface area contributed by atoms with Crippen LogP contribution < -0.4 is 0 Å². The zero-order valence-corrected chi connectivity index (χ0v) is 9.25. The molecule has 0 fully saturated rings. The van der Waals surface area contributed by atoms with Crippen LogP contribution in [-0.4, -0.2) is 30.1 Å². The molecular formula is C7HClF12. The van der Waals surface area contributed by atoms with Crippen LogP contribution >= 0.6 is 11.6 Å². The van der Waals surface area contributed by atoms with Gasteiger partial charge in [-0.25, -0.2) is 8.78 Å². The highest BCUT2D eigenvalue weighted by Gasteiger charge is 2.80. The molecule has 20 heavy (non-hydrogen) atoms. The molecule has 0 saturated carbocycles. The van der Waals surface area contributed by atoms with Gasteiger partial charge in [-0.05, 0) is 0 Å². The standard InChI is InChI=1S/C7HClF12/c8-1(2(9)10)4(12,7(18,19)20)5(13,14)3(11)6(15,16)17/h3H. The maximum Gasteiger partial charge on any atom is 0.434 e. The predicted octanol–water partition coefficient (Wildman–Crippen LogP) is 5.14. The molecule has 0 rings (SSSR count). The second-order valence-electron chi connectivity index (χ2n) is 3.26. The van der Waals surface area contributed by atoms with Crippen molar-refractivity contribution in [1.29, 1.82) is 0 Å². The summed E-state index contributed by atoms with van der Waals surface area (Å²) in [5, 5.41) is -3.58. The van der Waals surface area contributed by atoms with E-state index in [-0.39, 0.29) is 0 Å². The minimum absolute atomic E-state index is 3.58. The molecule has 0 aliphatic heterocycles. The van der Waals surface area contributed by atoms with Gasteiger partial charge in [0.1, 0.15) is 5.03 Å². The van der Waals surface area contributed by atoms with E-state index in [0.717, 1.165) is 0 Å². The number of hydrogen-bond acceptors (Lipinski definition) is 0. The van der Waals surface area contributed by atoms with Crippen LogP contribution in [0.1, 0.15) is 0 Å². The number of allylic oxidation sites excluding steroid dienone is 1. The van der Waals surface area contributed by atoms with E-state index in [1.54, 1.807) is 0 Å². The van der Waals surface area contributed by atoms with Crippen molar-refractivity contribution >= 4 is 11.6 Å². The number of alkyl halides is 10. The fourth-order valence-corrected chi connectivity index (χ4v) is 1.20. The summed E-state index contributed by atoms with van der Waals surface area (Å²) in [5.41, 5.74) is -6.74. The van der Waals surface area contributed by atoms with Gasteiger partial charge in [-0.3, -0.25) is 0 Å². The molecule has 0 nitrogen and oxygen atoms in total. The minimum atomic E-state index is -7.04. The Labute approximate surface area is 107 Å². The fourth-order valence-electron chi connectivity index (χ4n) is 0.970. The third-order valence-corrected chi connectivity index (χ3v) is 2.33. The Hall–Kier alpha value is -0.810. The Morgan fingerprint density at radius 3 is 1.35 bits per heavy atom. The van der Waals surface area contributed by atoms with E-state index in [2.05, 4.69) is 11.6 Å². The van der Waals surface area contributed by atoms with Gasteiger partial charge >= 0.3 is 23.9 Å². The fraction of sp³-hybridized carbons (Fsp3) is 0.714. The molecule has 0 aromatic carbocycles. The highest BCUT2D eigenvalue weighted by molar-refractivity contribution is 6.31. The summed E-state index contributed by atoms with van der Waals surface area (Å²) in [5.74, 6) is -6.97. The third kappa shape index (κ3) is 2.93. The molecular weight excluding hydrogens is 348 g/mol. The summed E-state index contributed by atoms with van der Waals surface area (Å²) in [6.07, 6.45) is -23.3. The van der Waals surface area contributed by atoms with Gasteiger partial charge in [-0.15, -0.1) is 0 Å². The van der Waals surface area contributed by atoms with Gasteiger partial charge < -0.3 is 0 Å². The van der Waals surface area contributed by atoms with Crippen molar-refractivity contribution in [3.05, 3.63) is 11.1 Å². The van der Waals surface area contributed by atoms with Crippen molar-refractivity contribution in [2.75, 3.05) is 0 Å². The topological polar surface area (TPSA) is 0 Å². The molecule has 0 radical (unpaired) electrons. The van der Waals surface area contributed by atoms with Gasteiger partial charge in [0.05, 0.1) is 0 Å². The Morgan fingerprint density at radius 2 is 1.15 bits per heavy atom. The summed E-state index contributed by atoms with van der Waals surface area (Å²) < 4.78 is 146. The average Bonchev–Trinajstić information content (AvgIpc) is 2.22. The van der Waals surface area contributed by atoms with Crippen LogP contribution in [0.2, 0.25) is 0 Å². The van der Waals surface area contributed by atoms with Gasteiger partial charge in [-0.2, -0.15) is 43.9 Å². The monoisotopic (exact) mass is 348 g/mol. The molecule has 2 atom stereocenters. The van der Waals surface area contributed by atoms with Crippen molar-refractivity contribution in [3.63, 3.8) is 0 Å². The maximum absolute atomic E-state index is 13.2. The van der Waals surface area contributed by atoms with E-state index in [1.165, 1.54) is 0 Å². The van der Waals surface area contributed by atoms with Crippen LogP contribution in [0.4, 0.5) is 52.7 Å². The molecule has 0 aliphatic rings. The zero-order chi connectivity index (χ0) is 16.7. The summed E-state index contributed by atoms with van der Waals surface area (Å²) in [6, 6.07) is 0. The summed E-state index contributed by atoms with van der Waals surface area (Å²) >= 11 is 4.01. The van der Waals surface area contributed by atoms with Crippen LogP contribution in [0.25, 0.3) is 0 Å². The lowest BCUT2D eigenvalue weighted by atomic mass is 9.92. The molecule has 0 aromatic rings. The maximum atomic E-state index is 13.2. The Balaban J connectivity index is 6.26. The first-order valence-corrected chi connectivity index (χ1v) is 4.44. The highest BCUT2D eigenvalue weighted by Crippen LogP contribution is 2.56. The molecule has 0 amide bonds. The van der Waals surface area contributed by atoms with Gasteiger partial charge in [0.2, 0.25) is 0 Å². The SMILES string of the molecule is FC(F)=C(Cl)C(F)(C(F)(F)F)C(F)(F)C(F)C(F)(F)F. The molecule has 120 valence electrons. The van der Waals surface area contributed by atoms with E-state index >= 15 is 0 Å². The van der Waals surface area contributed by atoms with Crippen LogP contribution in [0.5, 0.6) is 0 Å². The quantitative estimate of drug-likeness (QED) is 0.620. The molecule has 0 saturated heterocycles. The second kappa shape index (κ2) is 5.19. The minimum Gasteiger partial charge on any atom is -0.230 e. The largest absolute Gasteiger partial charge is 0.434 e. The lowest BCUT2D eigenvalue weighted by Crippen LogP contribution is -2.63. The molecule has 0 aliphatic carbocycles. The van der Waals surface area contributed by atoms with E-state index in [9.17, 15) is 52.7 Å². The van der Waals surface area contributed by atoms with E-state index < -0.39 is 41.2 Å². The van der Waals surface area contributed by atoms with Crippen LogP contribution in [0.3, 0.4) is 0 Å². The van der Waals surface area contributed by atoms with Crippen molar-refractivity contribution in [2.24, 2.45) is 0 Å². The summed E-state index contributed by atoms with van der Waals surface area (Å²) in [6.45, 7) is 0. The molecule has 0 N–H and O–H groups in total. The first-order chi connectivity index (χ1) is 8.51. The normalized spacial score (nSPS) is 18.4. The van der Waals surface area contributed by atoms with Crippen LogP contribution in [0, 0.1) is 0 Å². The lowest BCUT2D eigenvalue weighted by molar-refractivity contribution is -0.331. The molecule has 0 heterocycles. The number of rotatable bonds is 3. The Kier molecular flexibility index (Phi) is 4.98. The van der Waals surface area contributed by atoms with E-state index in [1.807, 2.05) is 0 Å². The second-order valence-corrected chi connectivity index (χ2v) is 3.64. The lowest BCUT2D eigenvalue weighted by Gasteiger charge is -2.36. The molecule has 0 spiro atoms. The van der Waals surface area contributed by atoms with Crippen LogP contribution in [-0.2, 0) is 0 Å². The molecule has 13 heteroatoms. The van der Waals surface area contributed by atoms with Gasteiger partial charge in [0.15, 0.2) is 0 Å². The van der Waals surface area contributed by atoms with Gasteiger partial charge in [0.25, 0.3) is 12.3 Å². The first kappa shape index (κ1) is 19.2. The van der Waals surface area contributed by atoms with Gasteiger partial charge in [-0.1, -0.05) is 11.6 Å². The number of halogens is 13. The smallest absolute Gasteiger partial charge is 0.230 e. The predicted molar refractivity (Wildman–Crippen MR) is 40.9 cm³/mol. The van der Waals surface area contributed by atoms with E-state index in [4.69, 9.17) is 0 Å². The first-order valence-electron chi connectivity index (χ1n) is 4.06. The van der Waals surface area contributed by atoms with Gasteiger partial charge in [0, 0.05) is 0 Å². The third-order valence-electron chi connectivity index (χ3n) is 1.92. The molecule has 2 unspecified atom stereocenters.